The van der Waals surface area contributed by atoms with Crippen LogP contribution in [0, 0.1) is 5.82 Å². The van der Waals surface area contributed by atoms with E-state index in [1.54, 1.807) is 12.1 Å². The molecule has 0 aliphatic carbocycles. The van der Waals surface area contributed by atoms with Crippen molar-refractivity contribution in [3.63, 3.8) is 0 Å². The highest BCUT2D eigenvalue weighted by Crippen LogP contribution is 2.37. The summed E-state index contributed by atoms with van der Waals surface area (Å²) < 4.78 is 29.5. The predicted octanol–water partition coefficient (Wildman–Crippen LogP) is 4.31. The summed E-state index contributed by atoms with van der Waals surface area (Å²) in [4.78, 5) is 12.1. The molecule has 3 rings (SSSR count). The van der Waals surface area contributed by atoms with Crippen LogP contribution in [0.15, 0.2) is 30.3 Å². The summed E-state index contributed by atoms with van der Waals surface area (Å²) in [7, 11) is 0. The lowest BCUT2D eigenvalue weighted by Gasteiger charge is -2.13. The van der Waals surface area contributed by atoms with E-state index in [0.29, 0.717) is 35.4 Å². The van der Waals surface area contributed by atoms with Gasteiger partial charge in [-0.05, 0) is 12.1 Å². The molecule has 1 aliphatic heterocycles. The molecule has 0 atom stereocenters. The van der Waals surface area contributed by atoms with Crippen molar-refractivity contribution in [1.29, 1.82) is 0 Å². The SMILES string of the molecule is O=C(COc1ccc(F)c(Cl)c1)Nc1cc2c(cc1Cl)OCCCO2. The largest absolute Gasteiger partial charge is 0.490 e. The van der Waals surface area contributed by atoms with Gasteiger partial charge in [-0.15, -0.1) is 0 Å². The quantitative estimate of drug-likeness (QED) is 0.851. The van der Waals surface area contributed by atoms with Crippen LogP contribution >= 0.6 is 23.2 Å². The number of carbonyl (C=O) groups excluding carboxylic acids is 1. The first-order valence-corrected chi connectivity index (χ1v) is 8.25. The molecule has 0 fully saturated rings. The zero-order valence-electron chi connectivity index (χ0n) is 13.0. The molecule has 0 saturated carbocycles. The molecule has 1 amide bonds. The Morgan fingerprint density at radius 2 is 1.84 bits per heavy atom. The lowest BCUT2D eigenvalue weighted by molar-refractivity contribution is -0.118. The van der Waals surface area contributed by atoms with Crippen LogP contribution in [-0.4, -0.2) is 25.7 Å². The number of benzene rings is 2. The minimum atomic E-state index is -0.558. The predicted molar refractivity (Wildman–Crippen MR) is 92.6 cm³/mol. The van der Waals surface area contributed by atoms with Crippen molar-refractivity contribution >= 4 is 34.8 Å². The Bertz CT molecular complexity index is 800. The molecular formula is C17H14Cl2FNO4. The molecular weight excluding hydrogens is 372 g/mol. The number of rotatable bonds is 4. The van der Waals surface area contributed by atoms with Gasteiger partial charge in [0.1, 0.15) is 11.6 Å². The van der Waals surface area contributed by atoms with Gasteiger partial charge in [0.15, 0.2) is 18.1 Å². The first kappa shape index (κ1) is 17.6. The van der Waals surface area contributed by atoms with E-state index in [1.165, 1.54) is 12.1 Å². The van der Waals surface area contributed by atoms with Crippen molar-refractivity contribution in [2.75, 3.05) is 25.1 Å². The van der Waals surface area contributed by atoms with Crippen LogP contribution in [0.4, 0.5) is 10.1 Å². The number of ether oxygens (including phenoxy) is 3. The maximum absolute atomic E-state index is 13.1. The average molecular weight is 386 g/mol. The summed E-state index contributed by atoms with van der Waals surface area (Å²) in [5.41, 5.74) is 0.386. The number of hydrogen-bond donors (Lipinski definition) is 1. The highest BCUT2D eigenvalue weighted by atomic mass is 35.5. The number of fused-ring (bicyclic) bond motifs is 1. The van der Waals surface area contributed by atoms with E-state index in [2.05, 4.69) is 5.32 Å². The number of carbonyl (C=O) groups is 1. The third-order valence-corrected chi connectivity index (χ3v) is 3.97. The molecule has 1 N–H and O–H groups in total. The summed E-state index contributed by atoms with van der Waals surface area (Å²) in [6.07, 6.45) is 0.766. The van der Waals surface area contributed by atoms with Gasteiger partial charge in [-0.3, -0.25) is 4.79 Å². The number of halogens is 3. The fourth-order valence-electron chi connectivity index (χ4n) is 2.18. The van der Waals surface area contributed by atoms with Gasteiger partial charge in [0.05, 0.1) is 28.9 Å². The monoisotopic (exact) mass is 385 g/mol. The molecule has 1 heterocycles. The highest BCUT2D eigenvalue weighted by Gasteiger charge is 2.16. The Kier molecular flexibility index (Phi) is 5.50. The van der Waals surface area contributed by atoms with Gasteiger partial charge in [0.25, 0.3) is 5.91 Å². The summed E-state index contributed by atoms with van der Waals surface area (Å²) in [5, 5.41) is 2.88. The molecule has 25 heavy (non-hydrogen) atoms. The lowest BCUT2D eigenvalue weighted by atomic mass is 10.2. The van der Waals surface area contributed by atoms with E-state index in [0.717, 1.165) is 12.5 Å². The van der Waals surface area contributed by atoms with Gasteiger partial charge < -0.3 is 19.5 Å². The fourth-order valence-corrected chi connectivity index (χ4v) is 2.55. The Hall–Kier alpha value is -2.18. The molecule has 8 heteroatoms. The first-order chi connectivity index (χ1) is 12.0. The Balaban J connectivity index is 1.64. The van der Waals surface area contributed by atoms with Crippen LogP contribution in [0.5, 0.6) is 17.2 Å². The molecule has 0 aromatic heterocycles. The molecule has 0 saturated heterocycles. The molecule has 2 aromatic carbocycles. The summed E-state index contributed by atoms with van der Waals surface area (Å²) in [5.74, 6) is 0.349. The van der Waals surface area contributed by atoms with Gasteiger partial charge in [0.2, 0.25) is 0 Å². The van der Waals surface area contributed by atoms with E-state index >= 15 is 0 Å². The zero-order valence-corrected chi connectivity index (χ0v) is 14.5. The van der Waals surface area contributed by atoms with Crippen molar-refractivity contribution in [2.24, 2.45) is 0 Å². The number of amides is 1. The maximum atomic E-state index is 13.1. The second-order valence-electron chi connectivity index (χ2n) is 5.24. The van der Waals surface area contributed by atoms with Crippen LogP contribution < -0.4 is 19.5 Å². The fraction of sp³-hybridized carbons (Fsp3) is 0.235. The van der Waals surface area contributed by atoms with Crippen LogP contribution in [0.1, 0.15) is 6.42 Å². The van der Waals surface area contributed by atoms with Crippen LogP contribution in [0.25, 0.3) is 0 Å². The second-order valence-corrected chi connectivity index (χ2v) is 6.06. The number of nitrogens with one attached hydrogen (secondary N) is 1. The maximum Gasteiger partial charge on any atom is 0.262 e. The smallest absolute Gasteiger partial charge is 0.262 e. The van der Waals surface area contributed by atoms with Gasteiger partial charge in [-0.25, -0.2) is 4.39 Å². The van der Waals surface area contributed by atoms with Crippen molar-refractivity contribution < 1.29 is 23.4 Å². The van der Waals surface area contributed by atoms with Gasteiger partial charge in [0, 0.05) is 24.6 Å². The summed E-state index contributed by atoms with van der Waals surface area (Å²) in [6.45, 7) is 0.784. The second kappa shape index (κ2) is 7.80. The van der Waals surface area contributed by atoms with Gasteiger partial charge >= 0.3 is 0 Å². The topological polar surface area (TPSA) is 56.8 Å². The van der Waals surface area contributed by atoms with E-state index in [9.17, 15) is 9.18 Å². The van der Waals surface area contributed by atoms with Crippen molar-refractivity contribution in [3.8, 4) is 17.2 Å². The average Bonchev–Trinajstić information content (AvgIpc) is 2.81. The van der Waals surface area contributed by atoms with Crippen LogP contribution in [-0.2, 0) is 4.79 Å². The minimum Gasteiger partial charge on any atom is -0.490 e. The van der Waals surface area contributed by atoms with E-state index in [1.807, 2.05) is 0 Å². The Labute approximate surface area is 153 Å². The molecule has 5 nitrogen and oxygen atoms in total. The zero-order chi connectivity index (χ0) is 17.8. The summed E-state index contributed by atoms with van der Waals surface area (Å²) >= 11 is 11.8. The third-order valence-electron chi connectivity index (χ3n) is 3.37. The van der Waals surface area contributed by atoms with Crippen LogP contribution in [0.2, 0.25) is 10.0 Å². The molecule has 1 aliphatic rings. The minimum absolute atomic E-state index is 0.0798. The van der Waals surface area contributed by atoms with E-state index in [-0.39, 0.29) is 17.4 Å². The normalized spacial score (nSPS) is 13.1. The Morgan fingerprint density at radius 3 is 2.56 bits per heavy atom. The van der Waals surface area contributed by atoms with Crippen molar-refractivity contribution in [2.45, 2.75) is 6.42 Å². The molecule has 0 radical (unpaired) electrons. The highest BCUT2D eigenvalue weighted by molar-refractivity contribution is 6.34. The van der Waals surface area contributed by atoms with Crippen molar-refractivity contribution in [3.05, 3.63) is 46.2 Å². The molecule has 132 valence electrons. The van der Waals surface area contributed by atoms with E-state index < -0.39 is 11.7 Å². The first-order valence-electron chi connectivity index (χ1n) is 7.50. The third kappa shape index (κ3) is 4.46. The molecule has 2 aromatic rings. The standard InChI is InChI=1S/C17H14Cl2FNO4/c18-11-6-10(2-3-13(11)20)25-9-17(22)21-14-8-16-15(7-12(14)19)23-4-1-5-24-16/h2-3,6-8H,1,4-5,9H2,(H,21,22). The lowest BCUT2D eigenvalue weighted by Crippen LogP contribution is -2.20. The van der Waals surface area contributed by atoms with Crippen LogP contribution in [0.3, 0.4) is 0 Å². The number of anilines is 1. The molecule has 0 bridgehead atoms. The molecule has 0 spiro atoms. The molecule has 0 unspecified atom stereocenters. The van der Waals surface area contributed by atoms with Gasteiger partial charge in [-0.2, -0.15) is 0 Å². The van der Waals surface area contributed by atoms with Crippen molar-refractivity contribution in [1.82, 2.24) is 0 Å². The van der Waals surface area contributed by atoms with E-state index in [4.69, 9.17) is 37.4 Å². The number of hydrogen-bond acceptors (Lipinski definition) is 4. The Morgan fingerprint density at radius 1 is 1.12 bits per heavy atom. The van der Waals surface area contributed by atoms with Gasteiger partial charge in [-0.1, -0.05) is 23.2 Å². The summed E-state index contributed by atoms with van der Waals surface area (Å²) in [6, 6.07) is 7.05.